The number of carbonyl (C=O) groups excluding carboxylic acids is 1. The summed E-state index contributed by atoms with van der Waals surface area (Å²) in [5.41, 5.74) is 0.965. The first-order valence-corrected chi connectivity index (χ1v) is 12.7. The lowest BCUT2D eigenvalue weighted by Crippen LogP contribution is -2.47. The molecule has 2 nitrogen and oxygen atoms in total. The summed E-state index contributed by atoms with van der Waals surface area (Å²) >= 11 is 0. The van der Waals surface area contributed by atoms with Crippen LogP contribution in [0.2, 0.25) is 0 Å². The summed E-state index contributed by atoms with van der Waals surface area (Å²) in [4.78, 5) is 15.3. The summed E-state index contributed by atoms with van der Waals surface area (Å²) in [6.07, 6.45) is 12.1. The summed E-state index contributed by atoms with van der Waals surface area (Å²) in [5.74, 6) is 3.85. The second-order valence-corrected chi connectivity index (χ2v) is 13.3. The van der Waals surface area contributed by atoms with Gasteiger partial charge in [0.05, 0.1) is 0 Å². The Morgan fingerprint density at radius 1 is 0.966 bits per heavy atom. The molecule has 0 spiro atoms. The van der Waals surface area contributed by atoms with Gasteiger partial charge in [0.15, 0.2) is 0 Å². The Morgan fingerprint density at radius 2 is 1.66 bits per heavy atom. The van der Waals surface area contributed by atoms with Crippen LogP contribution in [0.3, 0.4) is 0 Å². The van der Waals surface area contributed by atoms with E-state index in [1.165, 1.54) is 57.8 Å². The van der Waals surface area contributed by atoms with E-state index < -0.39 is 0 Å². The van der Waals surface area contributed by atoms with Gasteiger partial charge in [0.1, 0.15) is 0 Å². The summed E-state index contributed by atoms with van der Waals surface area (Å²) in [6.45, 7) is 19.8. The van der Waals surface area contributed by atoms with E-state index >= 15 is 0 Å². The SMILES string of the molecule is CC(C)CC1CC(C)CC(C)(CC[C@]23C[C@@H](C)CC(C)(C2)N(C(=O)C(C)C)C3)C1. The average molecular weight is 404 g/mol. The fourth-order valence-electron chi connectivity index (χ4n) is 8.27. The van der Waals surface area contributed by atoms with Crippen LogP contribution in [0.5, 0.6) is 0 Å². The third kappa shape index (κ3) is 5.04. The van der Waals surface area contributed by atoms with E-state index in [0.29, 0.717) is 16.7 Å². The predicted octanol–water partition coefficient (Wildman–Crippen LogP) is 7.32. The fraction of sp³-hybridized carbons (Fsp3) is 0.963. The minimum atomic E-state index is 0.0972. The standard InChI is InChI=1S/C27H49NO/c1-19(2)11-23-12-21(5)13-25(7,16-23)9-10-27-15-22(6)14-26(8,17-27)28(18-27)24(29)20(3)4/h19-23H,9-18H2,1-8H3/t21?,22-,23?,25?,26?,27-/m0/s1. The molecule has 2 saturated carbocycles. The van der Waals surface area contributed by atoms with E-state index in [9.17, 15) is 4.79 Å². The molecule has 0 aromatic rings. The van der Waals surface area contributed by atoms with Crippen molar-refractivity contribution in [2.75, 3.05) is 6.54 Å². The van der Waals surface area contributed by atoms with Gasteiger partial charge in [-0.2, -0.15) is 0 Å². The molecule has 1 amide bonds. The van der Waals surface area contributed by atoms with Crippen molar-refractivity contribution in [3.8, 4) is 0 Å². The van der Waals surface area contributed by atoms with Gasteiger partial charge in [-0.25, -0.2) is 0 Å². The monoisotopic (exact) mass is 403 g/mol. The molecule has 1 saturated heterocycles. The Bertz CT molecular complexity index is 595. The van der Waals surface area contributed by atoms with Crippen molar-refractivity contribution in [3.05, 3.63) is 0 Å². The van der Waals surface area contributed by atoms with Crippen LogP contribution in [0.15, 0.2) is 0 Å². The molecule has 0 N–H and O–H groups in total. The largest absolute Gasteiger partial charge is 0.336 e. The van der Waals surface area contributed by atoms with Crippen molar-refractivity contribution < 1.29 is 4.79 Å². The summed E-state index contributed by atoms with van der Waals surface area (Å²) in [5, 5.41) is 0. The molecule has 2 aliphatic carbocycles. The zero-order valence-electron chi connectivity index (χ0n) is 20.8. The minimum Gasteiger partial charge on any atom is -0.336 e. The quantitative estimate of drug-likeness (QED) is 0.455. The zero-order valence-corrected chi connectivity index (χ0v) is 20.8. The van der Waals surface area contributed by atoms with Gasteiger partial charge >= 0.3 is 0 Å². The molecule has 4 unspecified atom stereocenters. The maximum Gasteiger partial charge on any atom is 0.225 e. The smallest absolute Gasteiger partial charge is 0.225 e. The van der Waals surface area contributed by atoms with Crippen molar-refractivity contribution in [1.29, 1.82) is 0 Å². The van der Waals surface area contributed by atoms with Gasteiger partial charge < -0.3 is 4.90 Å². The van der Waals surface area contributed by atoms with Crippen LogP contribution in [-0.4, -0.2) is 22.9 Å². The first-order valence-electron chi connectivity index (χ1n) is 12.7. The number of likely N-dealkylation sites (tertiary alicyclic amines) is 1. The maximum absolute atomic E-state index is 13.0. The van der Waals surface area contributed by atoms with Crippen molar-refractivity contribution in [1.82, 2.24) is 4.90 Å². The molecule has 3 aliphatic rings. The van der Waals surface area contributed by atoms with E-state index in [2.05, 4.69) is 60.3 Å². The summed E-state index contributed by atoms with van der Waals surface area (Å²) in [6, 6.07) is 0. The molecule has 0 aromatic heterocycles. The van der Waals surface area contributed by atoms with Crippen LogP contribution in [0.1, 0.15) is 113 Å². The highest BCUT2D eigenvalue weighted by atomic mass is 16.2. The third-order valence-electron chi connectivity index (χ3n) is 8.65. The number of hydrogen-bond donors (Lipinski definition) is 0. The Hall–Kier alpha value is -0.530. The Morgan fingerprint density at radius 3 is 2.28 bits per heavy atom. The maximum atomic E-state index is 13.0. The van der Waals surface area contributed by atoms with Crippen molar-refractivity contribution in [3.63, 3.8) is 0 Å². The lowest BCUT2D eigenvalue weighted by Gasteiger charge is -2.45. The molecule has 6 atom stereocenters. The van der Waals surface area contributed by atoms with E-state index in [1.807, 2.05) is 0 Å². The molecule has 1 aliphatic heterocycles. The highest BCUT2D eigenvalue weighted by Gasteiger charge is 2.56. The second kappa shape index (κ2) is 8.19. The number of fused-ring (bicyclic) bond motifs is 2. The lowest BCUT2D eigenvalue weighted by atomic mass is 9.59. The Balaban J connectivity index is 1.72. The van der Waals surface area contributed by atoms with E-state index in [-0.39, 0.29) is 11.5 Å². The molecule has 1 heterocycles. The van der Waals surface area contributed by atoms with Gasteiger partial charge in [-0.1, -0.05) is 48.5 Å². The molecule has 2 heteroatoms. The van der Waals surface area contributed by atoms with E-state index in [1.54, 1.807) is 0 Å². The van der Waals surface area contributed by atoms with Gasteiger partial charge in [-0.15, -0.1) is 0 Å². The van der Waals surface area contributed by atoms with Gasteiger partial charge in [0.25, 0.3) is 0 Å². The molecule has 168 valence electrons. The number of carbonyl (C=O) groups is 1. The third-order valence-corrected chi connectivity index (χ3v) is 8.65. The first-order chi connectivity index (χ1) is 13.4. The molecular weight excluding hydrogens is 354 g/mol. The summed E-state index contributed by atoms with van der Waals surface area (Å²) < 4.78 is 0. The highest BCUT2D eigenvalue weighted by Crippen LogP contribution is 2.58. The van der Waals surface area contributed by atoms with Crippen LogP contribution >= 0.6 is 0 Å². The van der Waals surface area contributed by atoms with E-state index in [0.717, 1.165) is 30.2 Å². The topological polar surface area (TPSA) is 20.3 Å². The molecule has 0 radical (unpaired) electrons. The molecule has 3 rings (SSSR count). The van der Waals surface area contributed by atoms with Crippen molar-refractivity contribution in [2.45, 2.75) is 119 Å². The summed E-state index contributed by atoms with van der Waals surface area (Å²) in [7, 11) is 0. The normalized spacial score (nSPS) is 42.7. The van der Waals surface area contributed by atoms with Crippen molar-refractivity contribution >= 4 is 5.91 Å². The number of rotatable bonds is 6. The van der Waals surface area contributed by atoms with Crippen molar-refractivity contribution in [2.24, 2.45) is 40.4 Å². The van der Waals surface area contributed by atoms with Gasteiger partial charge in [0, 0.05) is 18.0 Å². The van der Waals surface area contributed by atoms with Gasteiger partial charge in [-0.05, 0) is 99.2 Å². The van der Waals surface area contributed by atoms with Crippen LogP contribution in [0.25, 0.3) is 0 Å². The molecular formula is C27H49NO. The lowest BCUT2D eigenvalue weighted by molar-refractivity contribution is -0.138. The molecule has 3 fully saturated rings. The fourth-order valence-corrected chi connectivity index (χ4v) is 8.27. The predicted molar refractivity (Wildman–Crippen MR) is 124 cm³/mol. The number of amides is 1. The van der Waals surface area contributed by atoms with Crippen LogP contribution in [0.4, 0.5) is 0 Å². The van der Waals surface area contributed by atoms with Crippen LogP contribution in [0, 0.1) is 40.4 Å². The van der Waals surface area contributed by atoms with Crippen LogP contribution < -0.4 is 0 Å². The number of nitrogens with zero attached hydrogens (tertiary/aromatic N) is 1. The molecule has 29 heavy (non-hydrogen) atoms. The van der Waals surface area contributed by atoms with E-state index in [4.69, 9.17) is 0 Å². The molecule has 2 bridgehead atoms. The Kier molecular flexibility index (Phi) is 6.54. The highest BCUT2D eigenvalue weighted by molar-refractivity contribution is 5.79. The zero-order chi connectivity index (χ0) is 21.6. The first kappa shape index (κ1) is 23.1. The second-order valence-electron chi connectivity index (χ2n) is 13.3. The number of hydrogen-bond acceptors (Lipinski definition) is 1. The average Bonchev–Trinajstić information content (AvgIpc) is 2.77. The Labute approximate surface area is 181 Å². The van der Waals surface area contributed by atoms with Gasteiger partial charge in [-0.3, -0.25) is 4.79 Å². The van der Waals surface area contributed by atoms with Crippen LogP contribution in [-0.2, 0) is 4.79 Å². The van der Waals surface area contributed by atoms with Gasteiger partial charge in [0.2, 0.25) is 5.91 Å². The molecule has 0 aromatic carbocycles. The minimum absolute atomic E-state index is 0.0972.